The van der Waals surface area contributed by atoms with Crippen LogP contribution in [0.1, 0.15) is 36.9 Å². The van der Waals surface area contributed by atoms with Crippen molar-refractivity contribution in [1.82, 2.24) is 0 Å². The summed E-state index contributed by atoms with van der Waals surface area (Å²) in [5.41, 5.74) is 3.72. The Morgan fingerprint density at radius 2 is 1.50 bits per heavy atom. The van der Waals surface area contributed by atoms with E-state index in [-0.39, 0.29) is 27.2 Å². The number of anilines is 1. The molecule has 0 bridgehead atoms. The predicted octanol–water partition coefficient (Wildman–Crippen LogP) is 3.71. The van der Waals surface area contributed by atoms with Gasteiger partial charge in [-0.2, -0.15) is 0 Å². The van der Waals surface area contributed by atoms with Crippen molar-refractivity contribution in [1.29, 1.82) is 0 Å². The number of halogens is 2. The molecule has 0 saturated heterocycles. The molecule has 0 aromatic heterocycles. The van der Waals surface area contributed by atoms with Crippen LogP contribution in [0.3, 0.4) is 0 Å². The van der Waals surface area contributed by atoms with Gasteiger partial charge in [-0.3, -0.25) is 0 Å². The summed E-state index contributed by atoms with van der Waals surface area (Å²) in [5.74, 6) is 0. The van der Waals surface area contributed by atoms with Gasteiger partial charge in [0.1, 0.15) is 0 Å². The first kappa shape index (κ1) is 19.4. The van der Waals surface area contributed by atoms with Crippen LogP contribution in [0.4, 0.5) is 5.69 Å². The van der Waals surface area contributed by atoms with Crippen molar-refractivity contribution in [3.63, 3.8) is 0 Å². The molecule has 0 heterocycles. The molecule has 1 atom stereocenters. The molecule has 0 radical (unpaired) electrons. The standard InChI is InChI=1S/C23H24BrIN/c1-2-3-17-25-21-13-9-19(10-14-21)23(18-7-5-4-6-8-18)26-22-15-11-20(24)12-16-22/h4-16,23,26H,2-3,17H2,1H3/q-1. The number of rotatable bonds is 8. The third-order valence-electron chi connectivity index (χ3n) is 4.23. The molecule has 0 amide bonds. The summed E-state index contributed by atoms with van der Waals surface area (Å²) in [6, 6.07) is 28.5. The molecule has 0 aliphatic heterocycles. The second-order valence-corrected chi connectivity index (χ2v) is 10.2. The van der Waals surface area contributed by atoms with Crippen LogP contribution in [-0.2, 0) is 0 Å². The molecule has 26 heavy (non-hydrogen) atoms. The molecule has 1 N–H and O–H groups in total. The van der Waals surface area contributed by atoms with Gasteiger partial charge in [0.05, 0.1) is 0 Å². The Morgan fingerprint density at radius 1 is 0.846 bits per heavy atom. The van der Waals surface area contributed by atoms with Gasteiger partial charge in [-0.05, 0) is 0 Å². The minimum absolute atomic E-state index is 0.153. The Morgan fingerprint density at radius 3 is 2.15 bits per heavy atom. The predicted molar refractivity (Wildman–Crippen MR) is 111 cm³/mol. The van der Waals surface area contributed by atoms with E-state index in [9.17, 15) is 0 Å². The molecule has 0 aliphatic carbocycles. The second-order valence-electron chi connectivity index (χ2n) is 6.22. The van der Waals surface area contributed by atoms with Crippen LogP contribution in [0.2, 0.25) is 0 Å². The van der Waals surface area contributed by atoms with Crippen LogP contribution < -0.4 is 26.5 Å². The van der Waals surface area contributed by atoms with E-state index in [0.717, 1.165) is 10.2 Å². The summed E-state index contributed by atoms with van der Waals surface area (Å²) in [5, 5.41) is 3.70. The van der Waals surface area contributed by atoms with E-state index in [4.69, 9.17) is 0 Å². The summed E-state index contributed by atoms with van der Waals surface area (Å²) in [6.45, 7) is 2.27. The molecule has 136 valence electrons. The number of benzene rings is 3. The van der Waals surface area contributed by atoms with Gasteiger partial charge in [0.2, 0.25) is 0 Å². The summed E-state index contributed by atoms with van der Waals surface area (Å²) in [6.07, 6.45) is 2.65. The summed E-state index contributed by atoms with van der Waals surface area (Å²) >= 11 is 3.66. The Kier molecular flexibility index (Phi) is 7.56. The molecule has 3 aromatic rings. The summed E-state index contributed by atoms with van der Waals surface area (Å²) in [7, 11) is 0. The van der Waals surface area contributed by atoms with Gasteiger partial charge in [-0.25, -0.2) is 0 Å². The van der Waals surface area contributed by atoms with Gasteiger partial charge in [0, 0.05) is 0 Å². The van der Waals surface area contributed by atoms with Gasteiger partial charge in [0.15, 0.2) is 0 Å². The van der Waals surface area contributed by atoms with Gasteiger partial charge in [-0.15, -0.1) is 0 Å². The van der Waals surface area contributed by atoms with Crippen molar-refractivity contribution in [2.24, 2.45) is 0 Å². The number of alkyl halides is 1. The molecule has 3 rings (SSSR count). The topological polar surface area (TPSA) is 12.0 Å². The molecular weight excluding hydrogens is 497 g/mol. The molecule has 0 spiro atoms. The average Bonchev–Trinajstić information content (AvgIpc) is 2.69. The van der Waals surface area contributed by atoms with Crippen molar-refractivity contribution in [2.75, 3.05) is 9.74 Å². The molecular formula is C23H24BrIN-. The normalized spacial score (nSPS) is 12.1. The number of unbranched alkanes of at least 4 members (excludes halogenated alkanes) is 1. The zero-order valence-electron chi connectivity index (χ0n) is 15.0. The van der Waals surface area contributed by atoms with Gasteiger partial charge in [-0.1, -0.05) is 0 Å². The van der Waals surface area contributed by atoms with Crippen LogP contribution in [0.5, 0.6) is 0 Å². The molecule has 0 fully saturated rings. The molecule has 1 nitrogen and oxygen atoms in total. The summed E-state index contributed by atoms with van der Waals surface area (Å²) < 4.78 is 4.02. The second kappa shape index (κ2) is 10.1. The zero-order valence-corrected chi connectivity index (χ0v) is 18.7. The van der Waals surface area contributed by atoms with Crippen LogP contribution in [0.15, 0.2) is 83.3 Å². The molecule has 3 aromatic carbocycles. The van der Waals surface area contributed by atoms with E-state index in [0.29, 0.717) is 0 Å². The average molecular weight is 521 g/mol. The Hall–Kier alpha value is -1.33. The molecule has 0 saturated carbocycles. The fraction of sp³-hybridized carbons (Fsp3) is 0.217. The minimum atomic E-state index is 0.153. The summed E-state index contributed by atoms with van der Waals surface area (Å²) in [4.78, 5) is 0. The van der Waals surface area contributed by atoms with Crippen molar-refractivity contribution in [3.05, 3.63) is 98.0 Å². The maximum atomic E-state index is 3.70. The van der Waals surface area contributed by atoms with Gasteiger partial charge < -0.3 is 0 Å². The Labute approximate surface area is 175 Å². The first-order valence-corrected chi connectivity index (χ1v) is 12.4. The first-order chi connectivity index (χ1) is 12.8. The third-order valence-corrected chi connectivity index (χ3v) is 7.66. The monoisotopic (exact) mass is 520 g/mol. The van der Waals surface area contributed by atoms with Crippen LogP contribution in [0.25, 0.3) is 0 Å². The van der Waals surface area contributed by atoms with Crippen molar-refractivity contribution >= 4 is 21.6 Å². The quantitative estimate of drug-likeness (QED) is 0.271. The van der Waals surface area contributed by atoms with Crippen molar-refractivity contribution < 1.29 is 21.2 Å². The zero-order chi connectivity index (χ0) is 18.2. The SMILES string of the molecule is CCCC[I-]c1ccc(C(Nc2ccc(Br)cc2)c2ccccc2)cc1. The van der Waals surface area contributed by atoms with E-state index in [1.165, 1.54) is 32.0 Å². The number of nitrogens with one attached hydrogen (secondary N) is 1. The van der Waals surface area contributed by atoms with Crippen LogP contribution in [-0.4, -0.2) is 4.43 Å². The van der Waals surface area contributed by atoms with E-state index in [1.807, 2.05) is 0 Å². The van der Waals surface area contributed by atoms with Gasteiger partial charge in [0.25, 0.3) is 0 Å². The van der Waals surface area contributed by atoms with Crippen LogP contribution in [0, 0.1) is 3.57 Å². The number of hydrogen-bond donors (Lipinski definition) is 1. The third kappa shape index (κ3) is 5.58. The van der Waals surface area contributed by atoms with Crippen molar-refractivity contribution in [3.8, 4) is 0 Å². The van der Waals surface area contributed by atoms with E-state index in [1.54, 1.807) is 0 Å². The Balaban J connectivity index is 1.82. The molecule has 1 unspecified atom stereocenters. The van der Waals surface area contributed by atoms with Crippen LogP contribution >= 0.6 is 15.9 Å². The number of hydrogen-bond acceptors (Lipinski definition) is 1. The van der Waals surface area contributed by atoms with Gasteiger partial charge >= 0.3 is 176 Å². The molecule has 0 aliphatic rings. The Bertz CT molecular complexity index is 785. The molecule has 3 heteroatoms. The maximum absolute atomic E-state index is 3.70. The van der Waals surface area contributed by atoms with E-state index >= 15 is 0 Å². The fourth-order valence-corrected chi connectivity index (χ4v) is 5.67. The van der Waals surface area contributed by atoms with E-state index < -0.39 is 0 Å². The van der Waals surface area contributed by atoms with Crippen molar-refractivity contribution in [2.45, 2.75) is 25.8 Å². The van der Waals surface area contributed by atoms with E-state index in [2.05, 4.69) is 107 Å². The fourth-order valence-electron chi connectivity index (χ4n) is 2.77. The first-order valence-electron chi connectivity index (χ1n) is 9.02.